The Hall–Kier alpha value is -2.88. The van der Waals surface area contributed by atoms with Crippen molar-refractivity contribution in [2.75, 3.05) is 29.5 Å². The molecule has 0 unspecified atom stereocenters. The van der Waals surface area contributed by atoms with E-state index in [1.807, 2.05) is 0 Å². The Labute approximate surface area is 151 Å². The molecule has 0 aliphatic rings. The summed E-state index contributed by atoms with van der Waals surface area (Å²) in [5.74, 6) is -0.275. The van der Waals surface area contributed by atoms with E-state index in [9.17, 15) is 18.0 Å². The highest BCUT2D eigenvalue weighted by molar-refractivity contribution is 7.92. The van der Waals surface area contributed by atoms with E-state index >= 15 is 0 Å². The summed E-state index contributed by atoms with van der Waals surface area (Å²) in [6.07, 6.45) is 0.943. The van der Waals surface area contributed by atoms with Crippen molar-refractivity contribution in [3.8, 4) is 0 Å². The van der Waals surface area contributed by atoms with Crippen molar-refractivity contribution < 1.29 is 27.3 Å². The van der Waals surface area contributed by atoms with Gasteiger partial charge in [-0.1, -0.05) is 5.16 Å². The molecule has 140 valence electrons. The number of nitrogens with zero attached hydrogens (tertiary/aromatic N) is 2. The summed E-state index contributed by atoms with van der Waals surface area (Å²) >= 11 is 0. The topological polar surface area (TPSA) is 119 Å². The Bertz CT molecular complexity index is 889. The lowest BCUT2D eigenvalue weighted by molar-refractivity contribution is -0.116. The Kier molecular flexibility index (Phi) is 5.98. The SMILES string of the molecule is COC(=O)c1ccc(NC(=O)CCN(c2cc(C)on2)S(C)(=O)=O)cc1. The molecular formula is C16H19N3O6S. The molecule has 2 aromatic rings. The number of aryl methyl sites for hydroxylation is 1. The fourth-order valence-corrected chi connectivity index (χ4v) is 3.00. The molecular weight excluding hydrogens is 362 g/mol. The minimum absolute atomic E-state index is 0.0856. The molecule has 26 heavy (non-hydrogen) atoms. The van der Waals surface area contributed by atoms with E-state index in [1.165, 1.54) is 25.3 Å². The van der Waals surface area contributed by atoms with E-state index in [2.05, 4.69) is 15.2 Å². The quantitative estimate of drug-likeness (QED) is 0.723. The molecule has 0 saturated heterocycles. The number of ether oxygens (including phenoxy) is 1. The number of carbonyl (C=O) groups is 2. The van der Waals surface area contributed by atoms with Crippen molar-refractivity contribution in [1.82, 2.24) is 5.16 Å². The first-order chi connectivity index (χ1) is 12.2. The van der Waals surface area contributed by atoms with Crippen LogP contribution in [0.3, 0.4) is 0 Å². The highest BCUT2D eigenvalue weighted by atomic mass is 32.2. The van der Waals surface area contributed by atoms with Gasteiger partial charge in [0.25, 0.3) is 0 Å². The van der Waals surface area contributed by atoms with E-state index in [0.29, 0.717) is 17.0 Å². The van der Waals surface area contributed by atoms with Gasteiger partial charge in [-0.3, -0.25) is 9.10 Å². The number of benzene rings is 1. The normalized spacial score (nSPS) is 11.0. The molecule has 0 fully saturated rings. The van der Waals surface area contributed by atoms with Crippen LogP contribution in [0.4, 0.5) is 11.5 Å². The minimum atomic E-state index is -3.61. The second-order valence-electron chi connectivity index (χ2n) is 5.50. The van der Waals surface area contributed by atoms with E-state index in [4.69, 9.17) is 4.52 Å². The van der Waals surface area contributed by atoms with E-state index in [0.717, 1.165) is 10.6 Å². The predicted molar refractivity (Wildman–Crippen MR) is 94.5 cm³/mol. The first-order valence-electron chi connectivity index (χ1n) is 7.60. The van der Waals surface area contributed by atoms with E-state index in [-0.39, 0.29) is 24.7 Å². The summed E-state index contributed by atoms with van der Waals surface area (Å²) < 4.78 is 34.3. The highest BCUT2D eigenvalue weighted by Gasteiger charge is 2.21. The van der Waals surface area contributed by atoms with Crippen LogP contribution in [-0.4, -0.2) is 45.4 Å². The molecule has 1 aromatic heterocycles. The molecule has 10 heteroatoms. The molecule has 2 rings (SSSR count). The molecule has 1 N–H and O–H groups in total. The maximum Gasteiger partial charge on any atom is 0.337 e. The van der Waals surface area contributed by atoms with Gasteiger partial charge in [-0.25, -0.2) is 13.2 Å². The third-order valence-corrected chi connectivity index (χ3v) is 4.57. The van der Waals surface area contributed by atoms with Crippen molar-refractivity contribution >= 4 is 33.4 Å². The largest absolute Gasteiger partial charge is 0.465 e. The van der Waals surface area contributed by atoms with Crippen molar-refractivity contribution in [2.24, 2.45) is 0 Å². The van der Waals surface area contributed by atoms with Crippen LogP contribution < -0.4 is 9.62 Å². The fraction of sp³-hybridized carbons (Fsp3) is 0.312. The highest BCUT2D eigenvalue weighted by Crippen LogP contribution is 2.18. The standard InChI is InChI=1S/C16H19N3O6S/c1-11-10-14(18-25-11)19(26(3,22)23)9-8-15(20)17-13-6-4-12(5-7-13)16(21)24-2/h4-7,10H,8-9H2,1-3H3,(H,17,20). The Morgan fingerprint density at radius 1 is 1.27 bits per heavy atom. The molecule has 0 saturated carbocycles. The maximum absolute atomic E-state index is 12.1. The number of sulfonamides is 1. The maximum atomic E-state index is 12.1. The number of rotatable bonds is 7. The van der Waals surface area contributed by atoms with Crippen LogP contribution in [-0.2, 0) is 19.6 Å². The van der Waals surface area contributed by atoms with Crippen LogP contribution >= 0.6 is 0 Å². The van der Waals surface area contributed by atoms with Crippen LogP contribution in [0.2, 0.25) is 0 Å². The van der Waals surface area contributed by atoms with E-state index < -0.39 is 16.0 Å². The molecule has 0 bridgehead atoms. The smallest absolute Gasteiger partial charge is 0.337 e. The average Bonchev–Trinajstić information content (AvgIpc) is 2.99. The van der Waals surface area contributed by atoms with Gasteiger partial charge in [-0.2, -0.15) is 0 Å². The van der Waals surface area contributed by atoms with Crippen LogP contribution in [0, 0.1) is 6.92 Å². The van der Waals surface area contributed by atoms with Gasteiger partial charge in [-0.15, -0.1) is 0 Å². The zero-order valence-electron chi connectivity index (χ0n) is 14.6. The molecule has 0 atom stereocenters. The summed E-state index contributed by atoms with van der Waals surface area (Å²) in [7, 11) is -2.33. The third kappa shape index (κ3) is 5.06. The predicted octanol–water partition coefficient (Wildman–Crippen LogP) is 1.56. The van der Waals surface area contributed by atoms with Gasteiger partial charge in [0.1, 0.15) is 5.76 Å². The zero-order valence-corrected chi connectivity index (χ0v) is 15.4. The van der Waals surface area contributed by atoms with Gasteiger partial charge in [-0.05, 0) is 31.2 Å². The molecule has 0 aliphatic heterocycles. The first-order valence-corrected chi connectivity index (χ1v) is 9.45. The van der Waals surface area contributed by atoms with Crippen molar-refractivity contribution in [3.05, 3.63) is 41.7 Å². The van der Waals surface area contributed by atoms with Gasteiger partial charge in [0, 0.05) is 24.7 Å². The minimum Gasteiger partial charge on any atom is -0.465 e. The van der Waals surface area contributed by atoms with Crippen molar-refractivity contribution in [2.45, 2.75) is 13.3 Å². The van der Waals surface area contributed by atoms with Gasteiger partial charge < -0.3 is 14.6 Å². The third-order valence-electron chi connectivity index (χ3n) is 3.40. The number of hydrogen-bond donors (Lipinski definition) is 1. The Morgan fingerprint density at radius 2 is 1.92 bits per heavy atom. The number of hydrogen-bond acceptors (Lipinski definition) is 7. The number of anilines is 2. The molecule has 1 heterocycles. The number of amides is 1. The lowest BCUT2D eigenvalue weighted by Gasteiger charge is -2.18. The van der Waals surface area contributed by atoms with Crippen molar-refractivity contribution in [3.63, 3.8) is 0 Å². The Morgan fingerprint density at radius 3 is 2.42 bits per heavy atom. The molecule has 1 amide bonds. The summed E-state index contributed by atoms with van der Waals surface area (Å²) in [5.41, 5.74) is 0.834. The Balaban J connectivity index is 1.99. The molecule has 1 aromatic carbocycles. The monoisotopic (exact) mass is 381 g/mol. The van der Waals surface area contributed by atoms with Crippen molar-refractivity contribution in [1.29, 1.82) is 0 Å². The number of aromatic nitrogens is 1. The van der Waals surface area contributed by atoms with Gasteiger partial charge in [0.2, 0.25) is 15.9 Å². The molecule has 0 aliphatic carbocycles. The number of methoxy groups -OCH3 is 1. The van der Waals surface area contributed by atoms with E-state index in [1.54, 1.807) is 19.1 Å². The number of carbonyl (C=O) groups excluding carboxylic acids is 2. The van der Waals surface area contributed by atoms with Crippen LogP contribution in [0.15, 0.2) is 34.9 Å². The van der Waals surface area contributed by atoms with Gasteiger partial charge in [0.15, 0.2) is 5.82 Å². The second-order valence-corrected chi connectivity index (χ2v) is 7.40. The molecule has 0 spiro atoms. The van der Waals surface area contributed by atoms with Gasteiger partial charge >= 0.3 is 5.97 Å². The second kappa shape index (κ2) is 8.00. The first kappa shape index (κ1) is 19.4. The summed E-state index contributed by atoms with van der Waals surface area (Å²) in [4.78, 5) is 23.5. The summed E-state index contributed by atoms with van der Waals surface area (Å²) in [6.45, 7) is 1.55. The number of nitrogens with one attached hydrogen (secondary N) is 1. The van der Waals surface area contributed by atoms with Crippen LogP contribution in [0.1, 0.15) is 22.5 Å². The lowest BCUT2D eigenvalue weighted by atomic mass is 10.2. The summed E-state index contributed by atoms with van der Waals surface area (Å²) in [5, 5.41) is 6.31. The van der Waals surface area contributed by atoms with Crippen LogP contribution in [0.25, 0.3) is 0 Å². The molecule has 9 nitrogen and oxygen atoms in total. The lowest BCUT2D eigenvalue weighted by Crippen LogP contribution is -2.33. The van der Waals surface area contributed by atoms with Crippen LogP contribution in [0.5, 0.6) is 0 Å². The van der Waals surface area contributed by atoms with Gasteiger partial charge in [0.05, 0.1) is 18.9 Å². The zero-order chi connectivity index (χ0) is 19.3. The summed E-state index contributed by atoms with van der Waals surface area (Å²) in [6, 6.07) is 7.62. The fourth-order valence-electron chi connectivity index (χ4n) is 2.16. The molecule has 0 radical (unpaired) electrons. The average molecular weight is 381 g/mol. The number of esters is 1.